The zero-order valence-corrected chi connectivity index (χ0v) is 31.2. The summed E-state index contributed by atoms with van der Waals surface area (Å²) in [6, 6.07) is 0. The van der Waals surface area contributed by atoms with E-state index in [2.05, 4.69) is 38.2 Å². The van der Waals surface area contributed by atoms with E-state index in [4.69, 9.17) is 8.37 Å². The van der Waals surface area contributed by atoms with Crippen molar-refractivity contribution in [1.82, 2.24) is 0 Å². The van der Waals surface area contributed by atoms with Gasteiger partial charge in [-0.15, -0.1) is 0 Å². The predicted octanol–water partition coefficient (Wildman–Crippen LogP) is 13.9. The zero-order valence-electron chi connectivity index (χ0n) is 30.4. The van der Waals surface area contributed by atoms with Gasteiger partial charge in [-0.25, -0.2) is 8.37 Å². The van der Waals surface area contributed by atoms with E-state index in [-0.39, 0.29) is 13.2 Å². The predicted molar refractivity (Wildman–Crippen MR) is 198 cm³/mol. The Morgan fingerprint density at radius 3 is 0.822 bits per heavy atom. The smallest absolute Gasteiger partial charge is 0.248 e. The number of allylic oxidation sites excluding steroid dienone is 4. The highest BCUT2D eigenvalue weighted by Gasteiger charge is 2.11. The molecule has 0 N–H and O–H groups in total. The quantitative estimate of drug-likeness (QED) is 0.0491. The normalized spacial score (nSPS) is 12.3. The van der Waals surface area contributed by atoms with Gasteiger partial charge in [-0.1, -0.05) is 179 Å². The number of hydrogen-bond donors (Lipinski definition) is 0. The maximum absolute atomic E-state index is 11.9. The van der Waals surface area contributed by atoms with E-state index in [1.54, 1.807) is 0 Å². The molecule has 0 spiro atoms. The highest BCUT2D eigenvalue weighted by Crippen LogP contribution is 2.14. The fourth-order valence-corrected chi connectivity index (χ4v) is 6.47. The first kappa shape index (κ1) is 44.4. The lowest BCUT2D eigenvalue weighted by Gasteiger charge is -2.06. The largest absolute Gasteiger partial charge is 0.399 e. The maximum atomic E-state index is 11.9. The van der Waals surface area contributed by atoms with Crippen molar-refractivity contribution >= 4 is 10.4 Å². The molecule has 0 amide bonds. The second kappa shape index (κ2) is 37.8. The van der Waals surface area contributed by atoms with Crippen LogP contribution in [0.2, 0.25) is 0 Å². The van der Waals surface area contributed by atoms with Crippen LogP contribution < -0.4 is 0 Å². The van der Waals surface area contributed by atoms with Crippen molar-refractivity contribution in [3.05, 3.63) is 24.3 Å². The molecule has 0 unspecified atom stereocenters. The van der Waals surface area contributed by atoms with Gasteiger partial charge in [-0.2, -0.15) is 8.42 Å². The Labute approximate surface area is 283 Å². The molecule has 0 bridgehead atoms. The standard InChI is InChI=1S/C40H78O4S/c1-3-5-7-9-11-13-15-17-19-21-23-25-27-29-31-33-35-37-39-43-45(41,42)44-40-38-36-34-32-30-28-26-24-22-20-18-16-14-12-10-8-6-4-2/h17-20H,3-16,21-40H2,1-2H3/b19-17+,20-18+. The molecule has 4 nitrogen and oxygen atoms in total. The summed E-state index contributed by atoms with van der Waals surface area (Å²) in [4.78, 5) is 0. The van der Waals surface area contributed by atoms with Gasteiger partial charge in [0.05, 0.1) is 13.2 Å². The first-order valence-electron chi connectivity index (χ1n) is 20.0. The van der Waals surface area contributed by atoms with Crippen LogP contribution in [0.3, 0.4) is 0 Å². The van der Waals surface area contributed by atoms with Crippen LogP contribution in [0, 0.1) is 0 Å². The summed E-state index contributed by atoms with van der Waals surface area (Å²) in [5.74, 6) is 0. The lowest BCUT2D eigenvalue weighted by molar-refractivity contribution is 0.208. The van der Waals surface area contributed by atoms with Crippen LogP contribution in [0.15, 0.2) is 24.3 Å². The summed E-state index contributed by atoms with van der Waals surface area (Å²) in [5, 5.41) is 0. The summed E-state index contributed by atoms with van der Waals surface area (Å²) in [6.07, 6.45) is 49.8. The van der Waals surface area contributed by atoms with Crippen LogP contribution in [-0.2, 0) is 18.8 Å². The van der Waals surface area contributed by atoms with Gasteiger partial charge in [0.2, 0.25) is 0 Å². The van der Waals surface area contributed by atoms with Crippen molar-refractivity contribution in [3.8, 4) is 0 Å². The molecule has 0 fully saturated rings. The molecule has 45 heavy (non-hydrogen) atoms. The number of hydrogen-bond acceptors (Lipinski definition) is 4. The highest BCUT2D eigenvalue weighted by atomic mass is 32.3. The molecule has 0 aromatic rings. The molecule has 0 aromatic heterocycles. The molecule has 0 saturated carbocycles. The van der Waals surface area contributed by atoms with E-state index in [0.717, 1.165) is 38.5 Å². The maximum Gasteiger partial charge on any atom is 0.399 e. The molecule has 0 aromatic carbocycles. The van der Waals surface area contributed by atoms with Crippen molar-refractivity contribution in [1.29, 1.82) is 0 Å². The summed E-state index contributed by atoms with van der Waals surface area (Å²) in [7, 11) is -3.84. The van der Waals surface area contributed by atoms with Crippen LogP contribution in [0.5, 0.6) is 0 Å². The monoisotopic (exact) mass is 655 g/mol. The minimum absolute atomic E-state index is 0.238. The molecule has 0 heterocycles. The van der Waals surface area contributed by atoms with E-state index < -0.39 is 10.4 Å². The van der Waals surface area contributed by atoms with E-state index in [1.807, 2.05) is 0 Å². The number of rotatable bonds is 38. The minimum Gasteiger partial charge on any atom is -0.248 e. The van der Waals surface area contributed by atoms with Crippen LogP contribution in [0.4, 0.5) is 0 Å². The molecule has 268 valence electrons. The van der Waals surface area contributed by atoms with Crippen molar-refractivity contribution in [3.63, 3.8) is 0 Å². The Balaban J connectivity index is 3.33. The number of unbranched alkanes of at least 4 members (excludes halogenated alkanes) is 28. The lowest BCUT2D eigenvalue weighted by Crippen LogP contribution is -2.12. The van der Waals surface area contributed by atoms with Gasteiger partial charge in [0.25, 0.3) is 0 Å². The van der Waals surface area contributed by atoms with Gasteiger partial charge in [0.1, 0.15) is 0 Å². The van der Waals surface area contributed by atoms with E-state index in [9.17, 15) is 8.42 Å². The minimum atomic E-state index is -3.84. The van der Waals surface area contributed by atoms with Gasteiger partial charge in [-0.05, 0) is 64.2 Å². The Kier molecular flexibility index (Phi) is 37.3. The lowest BCUT2D eigenvalue weighted by atomic mass is 10.1. The summed E-state index contributed by atoms with van der Waals surface area (Å²) in [6.45, 7) is 5.02. The van der Waals surface area contributed by atoms with Crippen molar-refractivity contribution in [2.45, 2.75) is 219 Å². The van der Waals surface area contributed by atoms with Crippen LogP contribution in [-0.4, -0.2) is 21.6 Å². The average molecular weight is 655 g/mol. The molecule has 0 aliphatic rings. The summed E-state index contributed by atoms with van der Waals surface area (Å²) < 4.78 is 34.0. The molecule has 0 rings (SSSR count). The first-order chi connectivity index (χ1) is 22.1. The van der Waals surface area contributed by atoms with Crippen molar-refractivity contribution < 1.29 is 16.8 Å². The van der Waals surface area contributed by atoms with Gasteiger partial charge < -0.3 is 0 Å². The molecule has 0 aliphatic carbocycles. The van der Waals surface area contributed by atoms with E-state index in [0.29, 0.717) is 0 Å². The Morgan fingerprint density at radius 2 is 0.556 bits per heavy atom. The Hall–Kier alpha value is -0.650. The molecular formula is C40H78O4S. The molecule has 5 heteroatoms. The first-order valence-corrected chi connectivity index (χ1v) is 21.3. The Morgan fingerprint density at radius 1 is 0.333 bits per heavy atom. The topological polar surface area (TPSA) is 52.6 Å². The van der Waals surface area contributed by atoms with Crippen LogP contribution in [0.1, 0.15) is 219 Å². The third-order valence-electron chi connectivity index (χ3n) is 8.77. The van der Waals surface area contributed by atoms with Gasteiger partial charge >= 0.3 is 10.4 Å². The van der Waals surface area contributed by atoms with Gasteiger partial charge in [0.15, 0.2) is 0 Å². The highest BCUT2D eigenvalue weighted by molar-refractivity contribution is 7.81. The van der Waals surface area contributed by atoms with E-state index >= 15 is 0 Å². The van der Waals surface area contributed by atoms with Crippen molar-refractivity contribution in [2.24, 2.45) is 0 Å². The molecular weight excluding hydrogens is 577 g/mol. The van der Waals surface area contributed by atoms with Crippen LogP contribution >= 0.6 is 0 Å². The third kappa shape index (κ3) is 39.4. The SMILES string of the molecule is CCCCCCCC/C=C/CCCCCCCCCCOS(=O)(=O)OCCCCCCCCCC/C=C/CCCCCCCC. The fraction of sp³-hybridized carbons (Fsp3) is 0.900. The van der Waals surface area contributed by atoms with Crippen molar-refractivity contribution in [2.75, 3.05) is 13.2 Å². The van der Waals surface area contributed by atoms with Crippen LogP contribution in [0.25, 0.3) is 0 Å². The third-order valence-corrected chi connectivity index (χ3v) is 9.68. The molecule has 0 aliphatic heterocycles. The molecule has 0 atom stereocenters. The zero-order chi connectivity index (χ0) is 32.8. The molecule has 0 radical (unpaired) electrons. The average Bonchev–Trinajstić information content (AvgIpc) is 3.03. The second-order valence-electron chi connectivity index (χ2n) is 13.3. The van der Waals surface area contributed by atoms with Gasteiger partial charge in [-0.3, -0.25) is 0 Å². The summed E-state index contributed by atoms with van der Waals surface area (Å²) >= 11 is 0. The summed E-state index contributed by atoms with van der Waals surface area (Å²) in [5.41, 5.74) is 0. The second-order valence-corrected chi connectivity index (χ2v) is 14.6. The van der Waals surface area contributed by atoms with E-state index in [1.165, 1.54) is 167 Å². The molecule has 0 saturated heterocycles. The van der Waals surface area contributed by atoms with Gasteiger partial charge in [0, 0.05) is 0 Å². The fourth-order valence-electron chi connectivity index (χ4n) is 5.76. The Bertz CT molecular complexity index is 662.